The molecule has 1 aromatic carbocycles. The molecule has 0 aliphatic carbocycles. The van der Waals surface area contributed by atoms with Crippen LogP contribution in [0.2, 0.25) is 0 Å². The fourth-order valence-corrected chi connectivity index (χ4v) is 3.14. The normalized spacial score (nSPS) is 22.7. The van der Waals surface area contributed by atoms with Crippen LogP contribution in [-0.2, 0) is 0 Å². The van der Waals surface area contributed by atoms with Gasteiger partial charge in [-0.15, -0.1) is 0 Å². The Labute approximate surface area is 117 Å². The van der Waals surface area contributed by atoms with Gasteiger partial charge < -0.3 is 15.0 Å². The van der Waals surface area contributed by atoms with Crippen molar-refractivity contribution < 1.29 is 5.11 Å². The zero-order valence-corrected chi connectivity index (χ0v) is 11.6. The Morgan fingerprint density at radius 3 is 2.85 bits per heavy atom. The lowest BCUT2D eigenvalue weighted by molar-refractivity contribution is 0.0752. The molecular weight excluding hydrogens is 250 g/mol. The number of aliphatic hydroxyl groups is 1. The number of nitriles is 1. The second-order valence-corrected chi connectivity index (χ2v) is 5.36. The molecule has 0 fully saturated rings. The number of aromatic amines is 1. The summed E-state index contributed by atoms with van der Waals surface area (Å²) in [6.07, 6.45) is 1.67. The number of rotatable bonds is 1. The topological polar surface area (TPSA) is 63.0 Å². The number of aryl methyl sites for hydroxylation is 1. The maximum Gasteiger partial charge on any atom is 0.0963 e. The van der Waals surface area contributed by atoms with Gasteiger partial charge in [-0.2, -0.15) is 5.26 Å². The molecule has 0 bridgehead atoms. The summed E-state index contributed by atoms with van der Waals surface area (Å²) in [5.41, 5.74) is 3.88. The molecule has 4 heteroatoms. The first-order valence-corrected chi connectivity index (χ1v) is 6.70. The monoisotopic (exact) mass is 267 g/mol. The van der Waals surface area contributed by atoms with Crippen molar-refractivity contribution >= 4 is 10.9 Å². The Kier molecular flexibility index (Phi) is 3.00. The zero-order valence-electron chi connectivity index (χ0n) is 11.6. The predicted octanol–water partition coefficient (Wildman–Crippen LogP) is 2.62. The van der Waals surface area contributed by atoms with Gasteiger partial charge in [-0.1, -0.05) is 18.2 Å². The maximum absolute atomic E-state index is 10.4. The molecule has 2 heterocycles. The lowest BCUT2D eigenvalue weighted by atomic mass is 9.91. The minimum Gasteiger partial charge on any atom is -0.390 e. The van der Waals surface area contributed by atoms with Gasteiger partial charge >= 0.3 is 0 Å². The number of likely N-dealkylation sites (N-methyl/N-ethyl adjacent to an activating group) is 1. The molecule has 2 atom stereocenters. The second kappa shape index (κ2) is 4.69. The van der Waals surface area contributed by atoms with Gasteiger partial charge in [0.1, 0.15) is 0 Å². The van der Waals surface area contributed by atoms with E-state index in [0.29, 0.717) is 12.0 Å². The van der Waals surface area contributed by atoms with Crippen LogP contribution in [0.3, 0.4) is 0 Å². The van der Waals surface area contributed by atoms with E-state index in [1.54, 1.807) is 0 Å². The Balaban J connectivity index is 2.14. The second-order valence-electron chi connectivity index (χ2n) is 5.36. The third-order valence-electron chi connectivity index (χ3n) is 3.97. The van der Waals surface area contributed by atoms with Crippen LogP contribution in [0.1, 0.15) is 23.7 Å². The molecule has 0 unspecified atom stereocenters. The Bertz CT molecular complexity index is 723. The SMILES string of the molecule is Cc1[nH]c2ccccc2c1[C@@H]1[C@H](O)CC(C#N)=CN1C. The molecule has 0 radical (unpaired) electrons. The number of H-pyrrole nitrogens is 1. The number of aliphatic hydroxyl groups excluding tert-OH is 1. The van der Waals surface area contributed by atoms with E-state index in [9.17, 15) is 5.11 Å². The van der Waals surface area contributed by atoms with Gasteiger partial charge in [-0.05, 0) is 13.0 Å². The number of hydrogen-bond acceptors (Lipinski definition) is 3. The third kappa shape index (κ3) is 1.87. The van der Waals surface area contributed by atoms with E-state index < -0.39 is 6.10 Å². The quantitative estimate of drug-likeness (QED) is 0.835. The number of hydrogen-bond donors (Lipinski definition) is 2. The van der Waals surface area contributed by atoms with Crippen LogP contribution >= 0.6 is 0 Å². The van der Waals surface area contributed by atoms with Crippen molar-refractivity contribution in [1.82, 2.24) is 9.88 Å². The van der Waals surface area contributed by atoms with Crippen LogP contribution in [0.5, 0.6) is 0 Å². The summed E-state index contributed by atoms with van der Waals surface area (Å²) in [5, 5.41) is 20.6. The van der Waals surface area contributed by atoms with Gasteiger partial charge in [-0.25, -0.2) is 0 Å². The molecule has 3 rings (SSSR count). The smallest absolute Gasteiger partial charge is 0.0963 e. The molecule has 1 aromatic heterocycles. The zero-order chi connectivity index (χ0) is 14.3. The average Bonchev–Trinajstić information content (AvgIpc) is 2.75. The molecule has 4 nitrogen and oxygen atoms in total. The van der Waals surface area contributed by atoms with Crippen LogP contribution in [0.4, 0.5) is 0 Å². The van der Waals surface area contributed by atoms with E-state index in [4.69, 9.17) is 5.26 Å². The van der Waals surface area contributed by atoms with Crippen molar-refractivity contribution in [3.8, 4) is 6.07 Å². The molecular formula is C16H17N3O. The minimum atomic E-state index is -0.572. The lowest BCUT2D eigenvalue weighted by Crippen LogP contribution is -2.35. The van der Waals surface area contributed by atoms with E-state index >= 15 is 0 Å². The number of fused-ring (bicyclic) bond motifs is 1. The molecule has 0 saturated heterocycles. The fourth-order valence-electron chi connectivity index (χ4n) is 3.14. The first kappa shape index (κ1) is 12.8. The number of aromatic nitrogens is 1. The molecule has 20 heavy (non-hydrogen) atoms. The van der Waals surface area contributed by atoms with Crippen LogP contribution in [0.25, 0.3) is 10.9 Å². The summed E-state index contributed by atoms with van der Waals surface area (Å²) in [4.78, 5) is 5.31. The highest BCUT2D eigenvalue weighted by Crippen LogP contribution is 2.37. The van der Waals surface area contributed by atoms with E-state index in [2.05, 4.69) is 17.1 Å². The lowest BCUT2D eigenvalue weighted by Gasteiger charge is -2.35. The highest BCUT2D eigenvalue weighted by Gasteiger charge is 2.32. The molecule has 102 valence electrons. The Morgan fingerprint density at radius 1 is 1.40 bits per heavy atom. The summed E-state index contributed by atoms with van der Waals surface area (Å²) >= 11 is 0. The van der Waals surface area contributed by atoms with Crippen molar-refractivity contribution in [2.24, 2.45) is 0 Å². The van der Waals surface area contributed by atoms with Gasteiger partial charge in [0.25, 0.3) is 0 Å². The number of nitrogens with zero attached hydrogens (tertiary/aromatic N) is 2. The van der Waals surface area contributed by atoms with E-state index in [1.165, 1.54) is 0 Å². The van der Waals surface area contributed by atoms with Gasteiger partial charge in [0, 0.05) is 47.4 Å². The summed E-state index contributed by atoms with van der Waals surface area (Å²) < 4.78 is 0. The molecule has 0 spiro atoms. The van der Waals surface area contributed by atoms with E-state index in [1.807, 2.05) is 43.3 Å². The molecule has 2 aromatic rings. The van der Waals surface area contributed by atoms with Crippen molar-refractivity contribution in [1.29, 1.82) is 5.26 Å². The molecule has 0 saturated carbocycles. The molecule has 1 aliphatic heterocycles. The summed E-state index contributed by atoms with van der Waals surface area (Å²) in [5.74, 6) is 0. The largest absolute Gasteiger partial charge is 0.390 e. The Hall–Kier alpha value is -2.25. The van der Waals surface area contributed by atoms with Crippen LogP contribution in [-0.4, -0.2) is 28.1 Å². The summed E-state index contributed by atoms with van der Waals surface area (Å²) in [6, 6.07) is 10.1. The minimum absolute atomic E-state index is 0.122. The van der Waals surface area contributed by atoms with Crippen LogP contribution in [0, 0.1) is 18.3 Å². The predicted molar refractivity (Wildman–Crippen MR) is 77.9 cm³/mol. The van der Waals surface area contributed by atoms with Crippen LogP contribution in [0.15, 0.2) is 36.0 Å². The first-order valence-electron chi connectivity index (χ1n) is 6.70. The fraction of sp³-hybridized carbons (Fsp3) is 0.312. The van der Waals surface area contributed by atoms with Crippen molar-refractivity contribution in [2.75, 3.05) is 7.05 Å². The highest BCUT2D eigenvalue weighted by atomic mass is 16.3. The highest BCUT2D eigenvalue weighted by molar-refractivity contribution is 5.85. The van der Waals surface area contributed by atoms with E-state index in [-0.39, 0.29) is 6.04 Å². The first-order chi connectivity index (χ1) is 9.61. The van der Waals surface area contributed by atoms with Gasteiger partial charge in [-0.3, -0.25) is 0 Å². The van der Waals surface area contributed by atoms with Crippen molar-refractivity contribution in [3.05, 3.63) is 47.3 Å². The average molecular weight is 267 g/mol. The number of nitrogens with one attached hydrogen (secondary N) is 1. The maximum atomic E-state index is 10.4. The standard InChI is InChI=1S/C16H17N3O/c1-10-15(12-5-3-4-6-13(12)18-10)16-14(20)7-11(8-17)9-19(16)2/h3-6,9,14,16,18,20H,7H2,1-2H3/t14-,16+/m1/s1. The molecule has 0 amide bonds. The van der Waals surface area contributed by atoms with Crippen molar-refractivity contribution in [3.63, 3.8) is 0 Å². The summed E-state index contributed by atoms with van der Waals surface area (Å²) in [6.45, 7) is 2.03. The molecule has 1 aliphatic rings. The molecule has 2 N–H and O–H groups in total. The third-order valence-corrected chi connectivity index (χ3v) is 3.97. The Morgan fingerprint density at radius 2 is 2.15 bits per heavy atom. The number of para-hydroxylation sites is 1. The summed E-state index contributed by atoms with van der Waals surface area (Å²) in [7, 11) is 1.91. The van der Waals surface area contributed by atoms with Crippen molar-refractivity contribution in [2.45, 2.75) is 25.5 Å². The van der Waals surface area contributed by atoms with Crippen LogP contribution < -0.4 is 0 Å². The van der Waals surface area contributed by atoms with Gasteiger partial charge in [0.05, 0.1) is 18.2 Å². The van der Waals surface area contributed by atoms with Gasteiger partial charge in [0.2, 0.25) is 0 Å². The van der Waals surface area contributed by atoms with Gasteiger partial charge in [0.15, 0.2) is 0 Å². The van der Waals surface area contributed by atoms with E-state index in [0.717, 1.165) is 22.2 Å². The number of benzene rings is 1.